The van der Waals surface area contributed by atoms with E-state index in [2.05, 4.69) is 26.8 Å². The third-order valence-electron chi connectivity index (χ3n) is 4.79. The quantitative estimate of drug-likeness (QED) is 0.470. The molecule has 0 bridgehead atoms. The van der Waals surface area contributed by atoms with Crippen LogP contribution in [0.3, 0.4) is 0 Å². The Balaban J connectivity index is 3.04. The Kier molecular flexibility index (Phi) is 7.77. The zero-order chi connectivity index (χ0) is 17.6. The molecule has 0 saturated heterocycles. The van der Waals surface area contributed by atoms with Crippen molar-refractivity contribution in [1.82, 2.24) is 0 Å². The number of esters is 1. The van der Waals surface area contributed by atoms with Gasteiger partial charge in [0, 0.05) is 12.0 Å². The van der Waals surface area contributed by atoms with Gasteiger partial charge >= 0.3 is 5.97 Å². The number of rotatable bonds is 3. The minimum Gasteiger partial charge on any atom is -0.454 e. The van der Waals surface area contributed by atoms with Gasteiger partial charge in [0.25, 0.3) is 0 Å². The summed E-state index contributed by atoms with van der Waals surface area (Å²) in [7, 11) is 0. The van der Waals surface area contributed by atoms with Crippen molar-refractivity contribution in [3.63, 3.8) is 0 Å². The van der Waals surface area contributed by atoms with E-state index in [1.807, 2.05) is 19.9 Å². The molecule has 1 aliphatic rings. The Hall–Kier alpha value is -1.35. The van der Waals surface area contributed by atoms with Crippen LogP contribution >= 0.6 is 0 Å². The number of hydrogen-bond acceptors (Lipinski definition) is 3. The third kappa shape index (κ3) is 5.98. The average Bonchev–Trinajstić information content (AvgIpc) is 2.49. The molecule has 130 valence electrons. The molecule has 0 fully saturated rings. The topological polar surface area (TPSA) is 46.5 Å². The molecular formula is C20H32O3. The minimum atomic E-state index is -0.495. The molecule has 1 N–H and O–H groups in total. The molecule has 0 saturated carbocycles. The van der Waals surface area contributed by atoms with Gasteiger partial charge in [0.2, 0.25) is 0 Å². The first-order valence-electron chi connectivity index (χ1n) is 8.62. The maximum atomic E-state index is 12.1. The number of ether oxygens (including phenoxy) is 1. The molecule has 0 amide bonds. The molecule has 0 aromatic heterocycles. The van der Waals surface area contributed by atoms with Crippen LogP contribution in [0.5, 0.6) is 0 Å². The SMILES string of the molecule is C/C=C(/C)C(=O)O[C@H]1C/C=C(\C)CC[C@@H](C(C)C)[C@@H](O)C=C1C. The van der Waals surface area contributed by atoms with Crippen LogP contribution < -0.4 is 0 Å². The highest BCUT2D eigenvalue weighted by Crippen LogP contribution is 2.28. The van der Waals surface area contributed by atoms with E-state index in [9.17, 15) is 9.90 Å². The highest BCUT2D eigenvalue weighted by atomic mass is 16.5. The highest BCUT2D eigenvalue weighted by molar-refractivity contribution is 5.87. The van der Waals surface area contributed by atoms with Crippen molar-refractivity contribution in [3.8, 4) is 0 Å². The predicted molar refractivity (Wildman–Crippen MR) is 95.0 cm³/mol. The van der Waals surface area contributed by atoms with Crippen LogP contribution in [0.15, 0.2) is 34.9 Å². The summed E-state index contributed by atoms with van der Waals surface area (Å²) < 4.78 is 5.65. The summed E-state index contributed by atoms with van der Waals surface area (Å²) in [5, 5.41) is 10.6. The van der Waals surface area contributed by atoms with Gasteiger partial charge in [-0.1, -0.05) is 37.6 Å². The first-order chi connectivity index (χ1) is 10.8. The van der Waals surface area contributed by atoms with E-state index >= 15 is 0 Å². The molecule has 0 unspecified atom stereocenters. The van der Waals surface area contributed by atoms with Crippen LogP contribution in [-0.2, 0) is 9.53 Å². The summed E-state index contributed by atoms with van der Waals surface area (Å²) in [6.07, 6.45) is 7.60. The molecular weight excluding hydrogens is 288 g/mol. The summed E-state index contributed by atoms with van der Waals surface area (Å²) in [6, 6.07) is 0. The Morgan fingerprint density at radius 3 is 2.61 bits per heavy atom. The van der Waals surface area contributed by atoms with Crippen LogP contribution in [0.1, 0.15) is 60.8 Å². The molecule has 0 aliphatic heterocycles. The molecule has 3 nitrogen and oxygen atoms in total. The van der Waals surface area contributed by atoms with Crippen molar-refractivity contribution < 1.29 is 14.6 Å². The first-order valence-corrected chi connectivity index (χ1v) is 8.62. The lowest BCUT2D eigenvalue weighted by Crippen LogP contribution is -2.27. The fourth-order valence-electron chi connectivity index (χ4n) is 2.87. The normalized spacial score (nSPS) is 29.6. The summed E-state index contributed by atoms with van der Waals surface area (Å²) in [4.78, 5) is 12.1. The van der Waals surface area contributed by atoms with Gasteiger partial charge in [-0.2, -0.15) is 0 Å². The van der Waals surface area contributed by atoms with Gasteiger partial charge in [-0.05, 0) is 57.9 Å². The fraction of sp³-hybridized carbons (Fsp3) is 0.650. The van der Waals surface area contributed by atoms with Gasteiger partial charge in [-0.3, -0.25) is 0 Å². The van der Waals surface area contributed by atoms with Gasteiger partial charge in [-0.15, -0.1) is 0 Å². The molecule has 1 aliphatic carbocycles. The second-order valence-electron chi connectivity index (χ2n) is 7.00. The molecule has 0 aromatic carbocycles. The maximum Gasteiger partial charge on any atom is 0.333 e. The number of aliphatic hydroxyl groups excluding tert-OH is 1. The van der Waals surface area contributed by atoms with Gasteiger partial charge in [0.1, 0.15) is 6.10 Å². The molecule has 0 radical (unpaired) electrons. The predicted octanol–water partition coefficient (Wildman–Crippen LogP) is 4.57. The lowest BCUT2D eigenvalue weighted by molar-refractivity contribution is -0.142. The maximum absolute atomic E-state index is 12.1. The summed E-state index contributed by atoms with van der Waals surface area (Å²) in [5.74, 6) is 0.343. The molecule has 3 heteroatoms. The first kappa shape index (κ1) is 19.7. The van der Waals surface area contributed by atoms with Crippen molar-refractivity contribution in [2.45, 2.75) is 73.0 Å². The molecule has 0 heterocycles. The molecule has 0 aromatic rings. The fourth-order valence-corrected chi connectivity index (χ4v) is 2.87. The smallest absolute Gasteiger partial charge is 0.333 e. The lowest BCUT2D eigenvalue weighted by Gasteiger charge is -2.27. The molecule has 3 atom stereocenters. The van der Waals surface area contributed by atoms with Crippen LogP contribution in [0.2, 0.25) is 0 Å². The average molecular weight is 320 g/mol. The van der Waals surface area contributed by atoms with E-state index in [1.54, 1.807) is 13.0 Å². The van der Waals surface area contributed by atoms with Crippen molar-refractivity contribution in [2.75, 3.05) is 0 Å². The van der Waals surface area contributed by atoms with Crippen LogP contribution in [0, 0.1) is 11.8 Å². The lowest BCUT2D eigenvalue weighted by atomic mass is 9.83. The molecule has 23 heavy (non-hydrogen) atoms. The van der Waals surface area contributed by atoms with E-state index in [0.717, 1.165) is 18.4 Å². The number of aliphatic hydroxyl groups is 1. The van der Waals surface area contributed by atoms with E-state index in [1.165, 1.54) is 5.57 Å². The molecule has 0 spiro atoms. The van der Waals surface area contributed by atoms with E-state index < -0.39 is 6.10 Å². The van der Waals surface area contributed by atoms with Crippen molar-refractivity contribution in [3.05, 3.63) is 34.9 Å². The largest absolute Gasteiger partial charge is 0.454 e. The summed E-state index contributed by atoms with van der Waals surface area (Å²) in [5.41, 5.74) is 2.82. The van der Waals surface area contributed by atoms with Gasteiger partial charge < -0.3 is 9.84 Å². The monoisotopic (exact) mass is 320 g/mol. The number of carbonyl (C=O) groups excluding carboxylic acids is 1. The van der Waals surface area contributed by atoms with Gasteiger partial charge in [-0.25, -0.2) is 4.79 Å². The highest BCUT2D eigenvalue weighted by Gasteiger charge is 2.24. The second-order valence-corrected chi connectivity index (χ2v) is 7.00. The minimum absolute atomic E-state index is 0.222. The van der Waals surface area contributed by atoms with E-state index in [4.69, 9.17) is 4.74 Å². The summed E-state index contributed by atoms with van der Waals surface area (Å²) >= 11 is 0. The number of hydrogen-bond donors (Lipinski definition) is 1. The second kappa shape index (κ2) is 9.07. The number of allylic oxidation sites excluding steroid dienone is 2. The van der Waals surface area contributed by atoms with Crippen molar-refractivity contribution in [2.24, 2.45) is 11.8 Å². The van der Waals surface area contributed by atoms with Gasteiger partial charge in [0.15, 0.2) is 0 Å². The van der Waals surface area contributed by atoms with Crippen molar-refractivity contribution in [1.29, 1.82) is 0 Å². The number of carbonyl (C=O) groups is 1. The third-order valence-corrected chi connectivity index (χ3v) is 4.79. The molecule has 1 rings (SSSR count). The van der Waals surface area contributed by atoms with Crippen LogP contribution in [0.4, 0.5) is 0 Å². The van der Waals surface area contributed by atoms with Crippen LogP contribution in [0.25, 0.3) is 0 Å². The zero-order valence-electron chi connectivity index (χ0n) is 15.4. The Bertz CT molecular complexity index is 497. The standard InChI is InChI=1S/C20H32O3/c1-7-15(5)20(22)23-19-11-9-14(4)8-10-17(13(2)3)18(21)12-16(19)6/h7,9,12-13,17-19,21H,8,10-11H2,1-6H3/b14-9+,15-7-,16-12?/t17-,18-,19-/m0/s1. The van der Waals surface area contributed by atoms with Crippen molar-refractivity contribution >= 4 is 5.97 Å². The van der Waals surface area contributed by atoms with Crippen LogP contribution in [-0.4, -0.2) is 23.3 Å². The Morgan fingerprint density at radius 1 is 1.39 bits per heavy atom. The van der Waals surface area contributed by atoms with E-state index in [-0.39, 0.29) is 18.0 Å². The Morgan fingerprint density at radius 2 is 2.04 bits per heavy atom. The summed E-state index contributed by atoms with van der Waals surface area (Å²) in [6.45, 7) is 11.9. The zero-order valence-corrected chi connectivity index (χ0v) is 15.4. The van der Waals surface area contributed by atoms with Gasteiger partial charge in [0.05, 0.1) is 6.10 Å². The van der Waals surface area contributed by atoms with E-state index in [0.29, 0.717) is 17.9 Å². The Labute approximate surface area is 141 Å².